The predicted molar refractivity (Wildman–Crippen MR) is 60.5 cm³/mol. The first-order valence-corrected chi connectivity index (χ1v) is 5.32. The van der Waals surface area contributed by atoms with Crippen molar-refractivity contribution >= 4 is 0 Å². The Morgan fingerprint density at radius 1 is 1.53 bits per heavy atom. The van der Waals surface area contributed by atoms with Gasteiger partial charge in [0.25, 0.3) is 0 Å². The van der Waals surface area contributed by atoms with E-state index in [0.717, 1.165) is 13.1 Å². The second-order valence-electron chi connectivity index (χ2n) is 4.50. The maximum atomic E-state index is 9.26. The van der Waals surface area contributed by atoms with Crippen molar-refractivity contribution in [2.24, 2.45) is 0 Å². The van der Waals surface area contributed by atoms with Crippen LogP contribution in [-0.2, 0) is 13.1 Å². The van der Waals surface area contributed by atoms with Gasteiger partial charge in [0.2, 0.25) is 0 Å². The first kappa shape index (κ1) is 12.2. The van der Waals surface area contributed by atoms with Gasteiger partial charge in [-0.25, -0.2) is 4.98 Å². The van der Waals surface area contributed by atoms with Crippen molar-refractivity contribution < 1.29 is 5.11 Å². The highest BCUT2D eigenvalue weighted by Gasteiger charge is 2.23. The normalized spacial score (nSPS) is 12.4. The lowest BCUT2D eigenvalue weighted by Gasteiger charge is -2.33. The molecule has 0 aromatic carbocycles. The highest BCUT2D eigenvalue weighted by Crippen LogP contribution is 2.14. The number of hydrogen-bond acceptors (Lipinski definition) is 3. The van der Waals surface area contributed by atoms with E-state index in [4.69, 9.17) is 0 Å². The molecule has 15 heavy (non-hydrogen) atoms. The van der Waals surface area contributed by atoms with Gasteiger partial charge in [-0.1, -0.05) is 0 Å². The fraction of sp³-hybridized carbons (Fsp3) is 0.727. The van der Waals surface area contributed by atoms with Crippen molar-refractivity contribution in [2.45, 2.75) is 39.4 Å². The van der Waals surface area contributed by atoms with Gasteiger partial charge in [-0.3, -0.25) is 4.90 Å². The lowest BCUT2D eigenvalue weighted by atomic mass is 10.1. The van der Waals surface area contributed by atoms with Crippen LogP contribution in [0.4, 0.5) is 0 Å². The van der Waals surface area contributed by atoms with Crippen molar-refractivity contribution in [2.75, 3.05) is 13.7 Å². The molecule has 1 rings (SSSR count). The van der Waals surface area contributed by atoms with Crippen LogP contribution in [0, 0.1) is 0 Å². The third-order valence-corrected chi connectivity index (χ3v) is 2.96. The molecule has 1 N–H and O–H groups in total. The lowest BCUT2D eigenvalue weighted by molar-refractivity contribution is 0.0716. The van der Waals surface area contributed by atoms with Crippen LogP contribution in [0.3, 0.4) is 0 Å². The highest BCUT2D eigenvalue weighted by molar-refractivity contribution is 4.99. The standard InChI is InChI=1S/C11H21N3O/c1-5-14-9-12-6-10(14)7-13(4)11(2,3)8-15/h6,9,15H,5,7-8H2,1-4H3. The summed E-state index contributed by atoms with van der Waals surface area (Å²) < 4.78 is 2.12. The van der Waals surface area contributed by atoms with Gasteiger partial charge in [0.15, 0.2) is 0 Å². The second-order valence-corrected chi connectivity index (χ2v) is 4.50. The molecule has 4 heteroatoms. The molecule has 0 bridgehead atoms. The van der Waals surface area contributed by atoms with Crippen molar-refractivity contribution in [1.29, 1.82) is 0 Å². The van der Waals surface area contributed by atoms with Crippen molar-refractivity contribution in [3.05, 3.63) is 18.2 Å². The van der Waals surface area contributed by atoms with E-state index in [2.05, 4.69) is 21.4 Å². The summed E-state index contributed by atoms with van der Waals surface area (Å²) in [6.07, 6.45) is 3.72. The van der Waals surface area contributed by atoms with E-state index in [1.165, 1.54) is 5.69 Å². The fourth-order valence-corrected chi connectivity index (χ4v) is 1.34. The van der Waals surface area contributed by atoms with Crippen LogP contribution >= 0.6 is 0 Å². The Hall–Kier alpha value is -0.870. The number of aromatic nitrogens is 2. The summed E-state index contributed by atoms with van der Waals surface area (Å²) in [4.78, 5) is 6.26. The topological polar surface area (TPSA) is 41.3 Å². The summed E-state index contributed by atoms with van der Waals surface area (Å²) in [7, 11) is 2.02. The Kier molecular flexibility index (Phi) is 3.88. The van der Waals surface area contributed by atoms with Crippen LogP contribution in [0.5, 0.6) is 0 Å². The summed E-state index contributed by atoms with van der Waals surface area (Å²) in [6, 6.07) is 0. The maximum absolute atomic E-state index is 9.26. The van der Waals surface area contributed by atoms with Crippen molar-refractivity contribution in [3.8, 4) is 0 Å². The summed E-state index contributed by atoms with van der Waals surface area (Å²) >= 11 is 0. The van der Waals surface area contributed by atoms with Gasteiger partial charge in [-0.05, 0) is 27.8 Å². The number of aryl methyl sites for hydroxylation is 1. The molecule has 1 aromatic rings. The summed E-state index contributed by atoms with van der Waals surface area (Å²) in [5.41, 5.74) is 0.990. The lowest BCUT2D eigenvalue weighted by Crippen LogP contribution is -2.43. The molecular formula is C11H21N3O. The quantitative estimate of drug-likeness (QED) is 0.793. The molecule has 0 aliphatic carbocycles. The molecule has 0 spiro atoms. The molecule has 0 saturated heterocycles. The summed E-state index contributed by atoms with van der Waals surface area (Å²) in [5, 5.41) is 9.26. The first-order valence-electron chi connectivity index (χ1n) is 5.32. The summed E-state index contributed by atoms with van der Waals surface area (Å²) in [6.45, 7) is 8.05. The van der Waals surface area contributed by atoms with E-state index in [0.29, 0.717) is 0 Å². The Bertz CT molecular complexity index is 307. The van der Waals surface area contributed by atoms with E-state index in [1.54, 1.807) is 0 Å². The van der Waals surface area contributed by atoms with Gasteiger partial charge in [0.1, 0.15) is 0 Å². The summed E-state index contributed by atoms with van der Waals surface area (Å²) in [5.74, 6) is 0. The number of likely N-dealkylation sites (N-methyl/N-ethyl adjacent to an activating group) is 1. The van der Waals surface area contributed by atoms with Crippen molar-refractivity contribution in [1.82, 2.24) is 14.5 Å². The number of rotatable bonds is 5. The van der Waals surface area contributed by atoms with Gasteiger partial charge in [0.05, 0.1) is 18.6 Å². The molecule has 1 heterocycles. The zero-order valence-corrected chi connectivity index (χ0v) is 10.1. The zero-order chi connectivity index (χ0) is 11.5. The Balaban J connectivity index is 2.70. The smallest absolute Gasteiger partial charge is 0.0948 e. The molecule has 0 fully saturated rings. The molecule has 4 nitrogen and oxygen atoms in total. The minimum atomic E-state index is -0.192. The van der Waals surface area contributed by atoms with Crippen LogP contribution in [0.1, 0.15) is 26.5 Å². The van der Waals surface area contributed by atoms with E-state index in [1.807, 2.05) is 33.4 Å². The molecule has 0 unspecified atom stereocenters. The Morgan fingerprint density at radius 3 is 2.73 bits per heavy atom. The number of aliphatic hydroxyl groups excluding tert-OH is 1. The Labute approximate surface area is 91.5 Å². The van der Waals surface area contributed by atoms with E-state index < -0.39 is 0 Å². The Morgan fingerprint density at radius 2 is 2.20 bits per heavy atom. The molecule has 0 radical (unpaired) electrons. The fourth-order valence-electron chi connectivity index (χ4n) is 1.34. The highest BCUT2D eigenvalue weighted by atomic mass is 16.3. The van der Waals surface area contributed by atoms with Crippen molar-refractivity contribution in [3.63, 3.8) is 0 Å². The molecular weight excluding hydrogens is 190 g/mol. The third-order valence-electron chi connectivity index (χ3n) is 2.96. The number of aliphatic hydroxyl groups is 1. The van der Waals surface area contributed by atoms with Gasteiger partial charge < -0.3 is 9.67 Å². The monoisotopic (exact) mass is 211 g/mol. The zero-order valence-electron chi connectivity index (χ0n) is 10.1. The average Bonchev–Trinajstić information content (AvgIpc) is 2.65. The maximum Gasteiger partial charge on any atom is 0.0948 e. The van der Waals surface area contributed by atoms with Crippen LogP contribution in [-0.4, -0.2) is 38.8 Å². The van der Waals surface area contributed by atoms with Crippen LogP contribution in [0.25, 0.3) is 0 Å². The minimum absolute atomic E-state index is 0.157. The molecule has 0 atom stereocenters. The van der Waals surface area contributed by atoms with E-state index in [-0.39, 0.29) is 12.1 Å². The second kappa shape index (κ2) is 4.77. The largest absolute Gasteiger partial charge is 0.394 e. The molecule has 0 amide bonds. The average molecular weight is 211 g/mol. The van der Waals surface area contributed by atoms with Gasteiger partial charge in [-0.2, -0.15) is 0 Å². The number of nitrogens with zero attached hydrogens (tertiary/aromatic N) is 3. The molecule has 0 aliphatic rings. The number of imidazole rings is 1. The van der Waals surface area contributed by atoms with Crippen LogP contribution in [0.2, 0.25) is 0 Å². The van der Waals surface area contributed by atoms with Gasteiger partial charge >= 0.3 is 0 Å². The molecule has 0 saturated carbocycles. The predicted octanol–water partition coefficient (Wildman–Crippen LogP) is 1.11. The van der Waals surface area contributed by atoms with E-state index >= 15 is 0 Å². The first-order chi connectivity index (χ1) is 7.01. The SMILES string of the molecule is CCn1cncc1CN(C)C(C)(C)CO. The minimum Gasteiger partial charge on any atom is -0.394 e. The third kappa shape index (κ3) is 2.79. The van der Waals surface area contributed by atoms with Gasteiger partial charge in [-0.15, -0.1) is 0 Å². The molecule has 0 aliphatic heterocycles. The van der Waals surface area contributed by atoms with Gasteiger partial charge in [0, 0.05) is 24.8 Å². The van der Waals surface area contributed by atoms with Crippen LogP contribution in [0.15, 0.2) is 12.5 Å². The van der Waals surface area contributed by atoms with Crippen LogP contribution < -0.4 is 0 Å². The molecule has 1 aromatic heterocycles. The molecule has 86 valence electrons. The number of hydrogen-bond donors (Lipinski definition) is 1. The van der Waals surface area contributed by atoms with E-state index in [9.17, 15) is 5.11 Å².